The quantitative estimate of drug-likeness (QED) is 0.784. The summed E-state index contributed by atoms with van der Waals surface area (Å²) in [5, 5.41) is 17.7. The lowest BCUT2D eigenvalue weighted by molar-refractivity contribution is 0.270. The molecule has 0 aliphatic carbocycles. The van der Waals surface area contributed by atoms with Crippen LogP contribution in [0.3, 0.4) is 0 Å². The Labute approximate surface area is 143 Å². The van der Waals surface area contributed by atoms with Crippen LogP contribution in [0.5, 0.6) is 0 Å². The minimum Gasteiger partial charge on any atom is -0.393 e. The van der Waals surface area contributed by atoms with E-state index in [1.807, 2.05) is 4.90 Å². The fraction of sp³-hybridized carbons (Fsp3) is 0.625. The number of nitriles is 2. The average Bonchev–Trinajstić information content (AvgIpc) is 2.63. The molecule has 1 aromatic rings. The number of nitrogens with two attached hydrogens (primary N) is 1. The van der Waals surface area contributed by atoms with E-state index in [1.54, 1.807) is 0 Å². The molecule has 0 unspecified atom stereocenters. The maximum absolute atomic E-state index is 8.84. The highest BCUT2D eigenvalue weighted by Gasteiger charge is 2.22. The van der Waals surface area contributed by atoms with Gasteiger partial charge in [0.2, 0.25) is 0 Å². The summed E-state index contributed by atoms with van der Waals surface area (Å²) >= 11 is 0. The van der Waals surface area contributed by atoms with E-state index in [1.165, 1.54) is 6.33 Å². The van der Waals surface area contributed by atoms with Gasteiger partial charge in [-0.3, -0.25) is 0 Å². The molecule has 1 aromatic heterocycles. The Morgan fingerprint density at radius 1 is 1.12 bits per heavy atom. The minimum absolute atomic E-state index is 0.360. The van der Waals surface area contributed by atoms with Gasteiger partial charge in [-0.2, -0.15) is 10.5 Å². The number of hydrogen-bond donors (Lipinski definition) is 1. The Hall–Kier alpha value is -2.58. The second-order valence-corrected chi connectivity index (χ2v) is 5.66. The lowest BCUT2D eigenvalue weighted by Crippen LogP contribution is -2.46. The molecule has 24 heavy (non-hydrogen) atoms. The number of likely N-dealkylation sites (N-methyl/N-ethyl adjacent to an activating group) is 1. The van der Waals surface area contributed by atoms with Gasteiger partial charge < -0.3 is 20.4 Å². The summed E-state index contributed by atoms with van der Waals surface area (Å²) in [5.74, 6) is 1.36. The molecule has 0 spiro atoms. The van der Waals surface area contributed by atoms with Gasteiger partial charge in [0, 0.05) is 39.3 Å². The third kappa shape index (κ3) is 4.24. The first kappa shape index (κ1) is 17.8. The number of hydrogen-bond acceptors (Lipinski definition) is 8. The average molecular weight is 328 g/mol. The van der Waals surface area contributed by atoms with Gasteiger partial charge in [0.1, 0.15) is 12.0 Å². The molecule has 0 radical (unpaired) electrons. The van der Waals surface area contributed by atoms with Crippen LogP contribution in [-0.4, -0.2) is 60.7 Å². The lowest BCUT2D eigenvalue weighted by atomic mass is 10.2. The second kappa shape index (κ2) is 8.90. The highest BCUT2D eigenvalue weighted by molar-refractivity contribution is 5.75. The molecule has 2 rings (SSSR count). The van der Waals surface area contributed by atoms with Crippen LogP contribution in [0.1, 0.15) is 19.8 Å². The van der Waals surface area contributed by atoms with Crippen LogP contribution in [-0.2, 0) is 0 Å². The fourth-order valence-corrected chi connectivity index (χ4v) is 2.85. The first-order valence-electron chi connectivity index (χ1n) is 8.27. The summed E-state index contributed by atoms with van der Waals surface area (Å²) in [6, 6.07) is 4.26. The van der Waals surface area contributed by atoms with Crippen LogP contribution in [0.15, 0.2) is 6.33 Å². The van der Waals surface area contributed by atoms with Crippen molar-refractivity contribution in [2.45, 2.75) is 19.8 Å². The van der Waals surface area contributed by atoms with Crippen molar-refractivity contribution >= 4 is 17.3 Å². The molecule has 2 heterocycles. The molecule has 0 bridgehead atoms. The molecule has 0 aromatic carbocycles. The Morgan fingerprint density at radius 3 is 2.29 bits per heavy atom. The molecule has 2 N–H and O–H groups in total. The number of nitrogens with zero attached hydrogens (tertiary/aromatic N) is 7. The summed E-state index contributed by atoms with van der Waals surface area (Å²) in [6.07, 6.45) is 2.23. The van der Waals surface area contributed by atoms with E-state index in [-0.39, 0.29) is 0 Å². The zero-order valence-corrected chi connectivity index (χ0v) is 14.1. The number of anilines is 3. The van der Waals surface area contributed by atoms with Gasteiger partial charge in [0.05, 0.1) is 25.0 Å². The molecule has 0 saturated carbocycles. The van der Waals surface area contributed by atoms with Gasteiger partial charge in [-0.25, -0.2) is 9.97 Å². The van der Waals surface area contributed by atoms with Crippen molar-refractivity contribution < 1.29 is 0 Å². The normalized spacial score (nSPS) is 14.9. The summed E-state index contributed by atoms with van der Waals surface area (Å²) in [6.45, 7) is 7.95. The van der Waals surface area contributed by atoms with E-state index in [9.17, 15) is 0 Å². The predicted octanol–water partition coefficient (Wildman–Crippen LogP) is 0.834. The van der Waals surface area contributed by atoms with Crippen LogP contribution < -0.4 is 15.5 Å². The van der Waals surface area contributed by atoms with E-state index in [4.69, 9.17) is 16.3 Å². The summed E-state index contributed by atoms with van der Waals surface area (Å²) < 4.78 is 0. The topological polar surface area (TPSA) is 109 Å². The first-order chi connectivity index (χ1) is 11.7. The van der Waals surface area contributed by atoms with E-state index in [2.05, 4.69) is 38.8 Å². The van der Waals surface area contributed by atoms with Crippen LogP contribution in [0, 0.1) is 22.7 Å². The highest BCUT2D eigenvalue weighted by Crippen LogP contribution is 2.29. The molecule has 1 fully saturated rings. The Bertz CT molecular complexity index is 591. The lowest BCUT2D eigenvalue weighted by Gasteiger charge is -2.35. The van der Waals surface area contributed by atoms with E-state index < -0.39 is 0 Å². The Morgan fingerprint density at radius 2 is 1.75 bits per heavy atom. The van der Waals surface area contributed by atoms with Crippen molar-refractivity contribution in [3.8, 4) is 12.1 Å². The van der Waals surface area contributed by atoms with E-state index >= 15 is 0 Å². The van der Waals surface area contributed by atoms with Crippen molar-refractivity contribution in [1.82, 2.24) is 14.9 Å². The standard InChI is InChI=1S/C16H24N8/c1-2-22-9-11-24(12-10-22)16-14(19)15(20-13-21-16)23(7-3-5-17)8-4-6-18/h13H,2-4,7-12,19H2,1H3. The summed E-state index contributed by atoms with van der Waals surface area (Å²) in [7, 11) is 0. The van der Waals surface area contributed by atoms with E-state index in [0.717, 1.165) is 38.5 Å². The summed E-state index contributed by atoms with van der Waals surface area (Å²) in [4.78, 5) is 15.1. The zero-order valence-electron chi connectivity index (χ0n) is 14.1. The van der Waals surface area contributed by atoms with Gasteiger partial charge in [-0.15, -0.1) is 0 Å². The van der Waals surface area contributed by atoms with Crippen molar-refractivity contribution in [3.05, 3.63) is 6.33 Å². The third-order valence-electron chi connectivity index (χ3n) is 4.25. The Kier molecular flexibility index (Phi) is 6.59. The molecule has 1 aliphatic heterocycles. The zero-order chi connectivity index (χ0) is 17.4. The number of piperazine rings is 1. The van der Waals surface area contributed by atoms with Crippen molar-refractivity contribution in [2.75, 3.05) is 61.3 Å². The molecular formula is C16H24N8. The smallest absolute Gasteiger partial charge is 0.157 e. The largest absolute Gasteiger partial charge is 0.393 e. The first-order valence-corrected chi connectivity index (χ1v) is 8.27. The molecule has 128 valence electrons. The summed E-state index contributed by atoms with van der Waals surface area (Å²) in [5.41, 5.74) is 6.86. The molecule has 1 aliphatic rings. The van der Waals surface area contributed by atoms with Crippen LogP contribution in [0.25, 0.3) is 0 Å². The maximum Gasteiger partial charge on any atom is 0.157 e. The second-order valence-electron chi connectivity index (χ2n) is 5.66. The third-order valence-corrected chi connectivity index (χ3v) is 4.25. The molecule has 8 heteroatoms. The number of nitrogen functional groups attached to an aromatic ring is 1. The van der Waals surface area contributed by atoms with Crippen LogP contribution in [0.4, 0.5) is 17.3 Å². The number of rotatable bonds is 7. The number of aromatic nitrogens is 2. The molecule has 0 atom stereocenters. The van der Waals surface area contributed by atoms with Gasteiger partial charge in [-0.05, 0) is 6.54 Å². The van der Waals surface area contributed by atoms with E-state index in [0.29, 0.717) is 37.4 Å². The van der Waals surface area contributed by atoms with Gasteiger partial charge >= 0.3 is 0 Å². The molecule has 8 nitrogen and oxygen atoms in total. The van der Waals surface area contributed by atoms with Gasteiger partial charge in [0.25, 0.3) is 0 Å². The monoisotopic (exact) mass is 328 g/mol. The fourth-order valence-electron chi connectivity index (χ4n) is 2.85. The van der Waals surface area contributed by atoms with Crippen LogP contribution in [0.2, 0.25) is 0 Å². The highest BCUT2D eigenvalue weighted by atomic mass is 15.3. The SMILES string of the molecule is CCN1CCN(c2ncnc(N(CCC#N)CCC#N)c2N)CC1. The van der Waals surface area contributed by atoms with Crippen molar-refractivity contribution in [1.29, 1.82) is 10.5 Å². The molecule has 1 saturated heterocycles. The van der Waals surface area contributed by atoms with Gasteiger partial charge in [0.15, 0.2) is 11.6 Å². The minimum atomic E-state index is 0.360. The van der Waals surface area contributed by atoms with Crippen LogP contribution >= 0.6 is 0 Å². The van der Waals surface area contributed by atoms with Gasteiger partial charge in [-0.1, -0.05) is 6.92 Å². The van der Waals surface area contributed by atoms with Crippen molar-refractivity contribution in [2.24, 2.45) is 0 Å². The maximum atomic E-state index is 8.84. The van der Waals surface area contributed by atoms with Crippen molar-refractivity contribution in [3.63, 3.8) is 0 Å². The molecule has 0 amide bonds. The predicted molar refractivity (Wildman–Crippen MR) is 93.4 cm³/mol. The molecular weight excluding hydrogens is 304 g/mol. The Balaban J connectivity index is 2.19.